The molecule has 2 heteroatoms. The Balaban J connectivity index is 0. The summed E-state index contributed by atoms with van der Waals surface area (Å²) >= 11 is 0. The quantitative estimate of drug-likeness (QED) is 0.276. The summed E-state index contributed by atoms with van der Waals surface area (Å²) in [4.78, 5) is 0. The number of hydrogen-bond donors (Lipinski definition) is 0. The number of rotatable bonds is 0. The molecule has 0 unspecified atom stereocenters. The minimum atomic E-state index is 0. The van der Waals surface area contributed by atoms with Crippen LogP contribution in [0.3, 0.4) is 0 Å². The zero-order valence-corrected chi connectivity index (χ0v) is 9.19. The molecule has 0 N–H and O–H groups in total. The molecule has 0 bridgehead atoms. The summed E-state index contributed by atoms with van der Waals surface area (Å²) in [6.45, 7) is 0. The molecule has 0 amide bonds. The summed E-state index contributed by atoms with van der Waals surface area (Å²) in [5.74, 6) is 2.28. The Kier molecular flexibility index (Phi) is 8.43. The van der Waals surface area contributed by atoms with Crippen LogP contribution >= 0.6 is 0 Å². The Morgan fingerprint density at radius 3 is 1.90 bits per heavy atom. The van der Waals surface area contributed by atoms with E-state index in [0.29, 0.717) is 0 Å². The summed E-state index contributed by atoms with van der Waals surface area (Å²) in [7, 11) is 0. The van der Waals surface area contributed by atoms with E-state index in [1.807, 2.05) is 30.3 Å². The number of benzene rings is 1. The molecule has 0 fully saturated rings. The third-order valence-corrected chi connectivity index (χ3v) is 0.918. The van der Waals surface area contributed by atoms with Crippen molar-refractivity contribution in [3.8, 4) is 5.92 Å². The monoisotopic (exact) mass is 200 g/mol. The van der Waals surface area contributed by atoms with E-state index < -0.39 is 0 Å². The molecule has 1 aromatic rings. The summed E-state index contributed by atoms with van der Waals surface area (Å²) in [5.41, 5.74) is 0.826. The molecule has 10 heavy (non-hydrogen) atoms. The minimum absolute atomic E-state index is 0. The SMILES string of the molecule is [C-]#Cc1ccccc1.[Cl-].[Zn+2]. The average molecular weight is 202 g/mol. The van der Waals surface area contributed by atoms with E-state index in [1.165, 1.54) is 0 Å². The molecular formula is C8H5ClZn. The summed E-state index contributed by atoms with van der Waals surface area (Å²) in [6.07, 6.45) is 6.69. The molecule has 0 aliphatic heterocycles. The largest absolute Gasteiger partial charge is 2.00 e. The van der Waals surface area contributed by atoms with Crippen LogP contribution in [-0.2, 0) is 19.5 Å². The van der Waals surface area contributed by atoms with Crippen LogP contribution in [0.25, 0.3) is 0 Å². The van der Waals surface area contributed by atoms with E-state index in [2.05, 4.69) is 5.92 Å². The third-order valence-electron chi connectivity index (χ3n) is 0.918. The summed E-state index contributed by atoms with van der Waals surface area (Å²) in [6, 6.07) is 9.37. The van der Waals surface area contributed by atoms with Gasteiger partial charge in [0.25, 0.3) is 0 Å². The van der Waals surface area contributed by atoms with E-state index in [0.717, 1.165) is 5.56 Å². The predicted octanol–water partition coefficient (Wildman–Crippen LogP) is -1.37. The molecule has 0 aromatic heterocycles. The van der Waals surface area contributed by atoms with Gasteiger partial charge >= 0.3 is 19.5 Å². The van der Waals surface area contributed by atoms with Crippen molar-refractivity contribution in [1.82, 2.24) is 0 Å². The minimum Gasteiger partial charge on any atom is -1.00 e. The van der Waals surface area contributed by atoms with Gasteiger partial charge in [-0.25, -0.2) is 0 Å². The Hall–Kier alpha value is -0.307. The molecule has 0 heterocycles. The first kappa shape index (κ1) is 12.4. The second kappa shape index (κ2) is 6.81. The van der Waals surface area contributed by atoms with Crippen molar-refractivity contribution in [3.63, 3.8) is 0 Å². The third kappa shape index (κ3) is 3.67. The molecule has 0 spiro atoms. The zero-order valence-electron chi connectivity index (χ0n) is 5.47. The molecule has 1 rings (SSSR count). The first-order valence-electron chi connectivity index (χ1n) is 2.41. The fraction of sp³-hybridized carbons (Fsp3) is 0. The molecule has 0 nitrogen and oxygen atoms in total. The van der Waals surface area contributed by atoms with Gasteiger partial charge in [0.05, 0.1) is 0 Å². The van der Waals surface area contributed by atoms with Gasteiger partial charge in [-0.3, -0.25) is 5.92 Å². The Labute approximate surface area is 80.2 Å². The fourth-order valence-corrected chi connectivity index (χ4v) is 0.521. The molecule has 0 radical (unpaired) electrons. The van der Waals surface area contributed by atoms with Gasteiger partial charge in [-0.05, 0) is 0 Å². The van der Waals surface area contributed by atoms with E-state index in [4.69, 9.17) is 6.42 Å². The van der Waals surface area contributed by atoms with E-state index >= 15 is 0 Å². The molecule has 1 aromatic carbocycles. The smallest absolute Gasteiger partial charge is 1.00 e. The normalized spacial score (nSPS) is 6.30. The van der Waals surface area contributed by atoms with Crippen molar-refractivity contribution in [2.24, 2.45) is 0 Å². The van der Waals surface area contributed by atoms with Gasteiger partial charge < -0.3 is 18.8 Å². The van der Waals surface area contributed by atoms with Crippen molar-refractivity contribution in [2.45, 2.75) is 0 Å². The van der Waals surface area contributed by atoms with Gasteiger partial charge in [0, 0.05) is 0 Å². The Bertz CT molecular complexity index is 200. The first-order chi connectivity index (χ1) is 3.93. The summed E-state index contributed by atoms with van der Waals surface area (Å²) < 4.78 is 0. The molecular weight excluding hydrogens is 197 g/mol. The number of halogens is 1. The van der Waals surface area contributed by atoms with Crippen molar-refractivity contribution < 1.29 is 31.9 Å². The maximum atomic E-state index is 6.69. The van der Waals surface area contributed by atoms with Crippen LogP contribution in [0.1, 0.15) is 5.56 Å². The maximum absolute atomic E-state index is 6.69. The van der Waals surface area contributed by atoms with Crippen LogP contribution in [-0.4, -0.2) is 0 Å². The van der Waals surface area contributed by atoms with Gasteiger partial charge in [0.15, 0.2) is 0 Å². The second-order valence-corrected chi connectivity index (χ2v) is 1.49. The first-order valence-corrected chi connectivity index (χ1v) is 2.41. The fourth-order valence-electron chi connectivity index (χ4n) is 0.521. The van der Waals surface area contributed by atoms with Gasteiger partial charge in [-0.2, -0.15) is 0 Å². The Morgan fingerprint density at radius 1 is 1.10 bits per heavy atom. The van der Waals surface area contributed by atoms with Crippen molar-refractivity contribution in [2.75, 3.05) is 0 Å². The molecule has 0 saturated carbocycles. The number of hydrogen-bond acceptors (Lipinski definition) is 0. The van der Waals surface area contributed by atoms with Crippen LogP contribution < -0.4 is 12.4 Å². The van der Waals surface area contributed by atoms with Gasteiger partial charge in [-0.15, -0.1) is 17.7 Å². The maximum Gasteiger partial charge on any atom is 2.00 e. The topological polar surface area (TPSA) is 0 Å². The molecule has 0 saturated heterocycles. The summed E-state index contributed by atoms with van der Waals surface area (Å²) in [5, 5.41) is 0. The van der Waals surface area contributed by atoms with Crippen LogP contribution in [0.5, 0.6) is 0 Å². The average Bonchev–Trinajstić information content (AvgIpc) is 1.90. The van der Waals surface area contributed by atoms with E-state index in [1.54, 1.807) is 0 Å². The van der Waals surface area contributed by atoms with Gasteiger partial charge in [0.2, 0.25) is 0 Å². The van der Waals surface area contributed by atoms with E-state index in [9.17, 15) is 0 Å². The van der Waals surface area contributed by atoms with Crippen LogP contribution in [0.15, 0.2) is 30.3 Å². The van der Waals surface area contributed by atoms with Crippen LogP contribution in [0.4, 0.5) is 0 Å². The molecule has 0 atom stereocenters. The van der Waals surface area contributed by atoms with Crippen molar-refractivity contribution in [1.29, 1.82) is 0 Å². The molecule has 46 valence electrons. The zero-order chi connectivity index (χ0) is 5.82. The van der Waals surface area contributed by atoms with Crippen molar-refractivity contribution >= 4 is 0 Å². The van der Waals surface area contributed by atoms with Gasteiger partial charge in [-0.1, -0.05) is 18.2 Å². The Morgan fingerprint density at radius 2 is 1.60 bits per heavy atom. The van der Waals surface area contributed by atoms with Crippen LogP contribution in [0, 0.1) is 12.3 Å². The van der Waals surface area contributed by atoms with Gasteiger partial charge in [0.1, 0.15) is 0 Å². The van der Waals surface area contributed by atoms with Crippen LogP contribution in [0.2, 0.25) is 0 Å². The molecule has 0 aliphatic rings. The predicted molar refractivity (Wildman–Crippen MR) is 32.7 cm³/mol. The van der Waals surface area contributed by atoms with E-state index in [-0.39, 0.29) is 31.9 Å². The van der Waals surface area contributed by atoms with Crippen molar-refractivity contribution in [3.05, 3.63) is 42.3 Å². The second-order valence-electron chi connectivity index (χ2n) is 1.49. The molecule has 0 aliphatic carbocycles. The standard InChI is InChI=1S/C8H5.ClH.Zn/c1-2-8-6-4-3-5-7-8;;/h3-7H;1H;/q-1;;+2/p-1.